The van der Waals surface area contributed by atoms with Crippen LogP contribution in [-0.2, 0) is 0 Å². The normalized spacial score (nSPS) is 12.5. The number of oxazole rings is 1. The van der Waals surface area contributed by atoms with Crippen molar-refractivity contribution in [2.45, 2.75) is 33.1 Å². The van der Waals surface area contributed by atoms with E-state index >= 15 is 0 Å². The zero-order valence-electron chi connectivity index (χ0n) is 17.1. The number of hydrogen-bond donors (Lipinski definition) is 3. The Morgan fingerprint density at radius 3 is 2.48 bits per heavy atom. The van der Waals surface area contributed by atoms with Crippen molar-refractivity contribution in [2.24, 2.45) is 0 Å². The summed E-state index contributed by atoms with van der Waals surface area (Å²) in [5.74, 6) is -4.94. The lowest BCUT2D eigenvalue weighted by Crippen LogP contribution is -2.32. The first-order valence-corrected chi connectivity index (χ1v) is 9.47. The number of amides is 1. The van der Waals surface area contributed by atoms with Crippen LogP contribution < -0.4 is 10.1 Å². The molecule has 2 heterocycles. The second-order valence-corrected chi connectivity index (χ2v) is 7.19. The molecule has 3 rings (SSSR count). The number of alkyl halides is 3. The summed E-state index contributed by atoms with van der Waals surface area (Å²) in [7, 11) is 0. The van der Waals surface area contributed by atoms with Crippen molar-refractivity contribution in [2.75, 3.05) is 5.32 Å². The van der Waals surface area contributed by atoms with Crippen LogP contribution in [0.5, 0.6) is 5.75 Å². The third-order valence-electron chi connectivity index (χ3n) is 4.45. The number of H-pyrrole nitrogens is 1. The molecule has 14 heteroatoms. The smallest absolute Gasteiger partial charge is 0.425 e. The van der Waals surface area contributed by atoms with Crippen molar-refractivity contribution < 1.29 is 41.4 Å². The molecule has 0 saturated heterocycles. The largest absolute Gasteiger partial charge is 0.480 e. The van der Waals surface area contributed by atoms with E-state index < -0.39 is 58.4 Å². The molecule has 0 fully saturated rings. The summed E-state index contributed by atoms with van der Waals surface area (Å²) in [4.78, 5) is 27.6. The Morgan fingerprint density at radius 1 is 1.30 bits per heavy atom. The van der Waals surface area contributed by atoms with Gasteiger partial charge in [0.1, 0.15) is 28.2 Å². The van der Waals surface area contributed by atoms with E-state index in [2.05, 4.69) is 20.5 Å². The molecule has 9 nitrogen and oxygen atoms in total. The molecule has 1 unspecified atom stereocenters. The molecule has 0 saturated carbocycles. The van der Waals surface area contributed by atoms with Gasteiger partial charge in [-0.3, -0.25) is 9.89 Å². The first-order valence-electron chi connectivity index (χ1n) is 9.09. The Hall–Kier alpha value is -3.61. The highest BCUT2D eigenvalue weighted by atomic mass is 35.5. The van der Waals surface area contributed by atoms with Gasteiger partial charge in [0.25, 0.3) is 5.91 Å². The third-order valence-corrected chi connectivity index (χ3v) is 4.72. The minimum absolute atomic E-state index is 0.0374. The number of ether oxygens (including phenoxy) is 1. The van der Waals surface area contributed by atoms with Gasteiger partial charge in [-0.25, -0.2) is 14.2 Å². The van der Waals surface area contributed by atoms with Crippen LogP contribution in [0.3, 0.4) is 0 Å². The van der Waals surface area contributed by atoms with E-state index in [4.69, 9.17) is 25.9 Å². The quantitative estimate of drug-likeness (QED) is 0.425. The Bertz CT molecular complexity index is 1220. The predicted molar refractivity (Wildman–Crippen MR) is 106 cm³/mol. The summed E-state index contributed by atoms with van der Waals surface area (Å²) in [5, 5.41) is 17.5. The van der Waals surface area contributed by atoms with Crippen molar-refractivity contribution in [3.05, 3.63) is 45.8 Å². The molecule has 0 spiro atoms. The topological polar surface area (TPSA) is 130 Å². The van der Waals surface area contributed by atoms with Gasteiger partial charge in [-0.15, -0.1) is 0 Å². The average molecular weight is 491 g/mol. The Kier molecular flexibility index (Phi) is 6.36. The Morgan fingerprint density at radius 2 is 1.97 bits per heavy atom. The molecule has 3 N–H and O–H groups in total. The van der Waals surface area contributed by atoms with Crippen molar-refractivity contribution in [1.29, 1.82) is 0 Å². The molecule has 0 aliphatic carbocycles. The summed E-state index contributed by atoms with van der Waals surface area (Å²) in [6.07, 6.45) is -7.18. The van der Waals surface area contributed by atoms with Crippen LogP contribution in [-0.4, -0.2) is 44.4 Å². The number of halogens is 5. The van der Waals surface area contributed by atoms with E-state index in [1.54, 1.807) is 0 Å². The van der Waals surface area contributed by atoms with Gasteiger partial charge in [-0.2, -0.15) is 18.3 Å². The number of carbonyl (C=O) groups excluding carboxylic acids is 1. The molecule has 33 heavy (non-hydrogen) atoms. The number of aromatic carboxylic acids is 1. The maximum atomic E-state index is 14.9. The van der Waals surface area contributed by atoms with Crippen LogP contribution in [0.4, 0.5) is 23.2 Å². The molecule has 3 aromatic rings. The number of rotatable bonds is 6. The van der Waals surface area contributed by atoms with E-state index in [0.717, 1.165) is 6.07 Å². The molecule has 1 amide bonds. The minimum atomic E-state index is -4.80. The number of nitrogens with one attached hydrogen (secondary N) is 2. The second kappa shape index (κ2) is 8.73. The molecular weight excluding hydrogens is 476 g/mol. The highest BCUT2D eigenvalue weighted by Gasteiger charge is 2.39. The number of carboxylic acid groups (broad SMARTS) is 1. The lowest BCUT2D eigenvalue weighted by Gasteiger charge is -2.20. The van der Waals surface area contributed by atoms with Gasteiger partial charge in [-0.1, -0.05) is 11.6 Å². The van der Waals surface area contributed by atoms with Gasteiger partial charge in [0.15, 0.2) is 11.8 Å². The summed E-state index contributed by atoms with van der Waals surface area (Å²) >= 11 is 5.88. The summed E-state index contributed by atoms with van der Waals surface area (Å²) in [6.45, 7) is 3.45. The zero-order chi connectivity index (χ0) is 24.7. The lowest BCUT2D eigenvalue weighted by atomic mass is 10.1. The summed E-state index contributed by atoms with van der Waals surface area (Å²) in [6, 6.07) is 1.39. The molecule has 0 radical (unpaired) electrons. The van der Waals surface area contributed by atoms with E-state index in [9.17, 15) is 27.2 Å². The highest BCUT2D eigenvalue weighted by molar-refractivity contribution is 6.33. The second-order valence-electron chi connectivity index (χ2n) is 6.81. The zero-order valence-corrected chi connectivity index (χ0v) is 17.9. The standard InChI is InChI=1S/C19H15ClF4N4O5/c1-6-13(15(20)28-27-6)25-16(29)10-4-11(21)9(5-12(10)33-8(3)19(22,23)24)17-26-14(18(30)31)7(2)32-17/h4-5,8H,1-3H3,(H,25,29)(H,27,28)(H,30,31). The fourth-order valence-electron chi connectivity index (χ4n) is 2.69. The number of anilines is 1. The first kappa shape index (κ1) is 24.0. The van der Waals surface area contributed by atoms with Crippen LogP contribution in [0, 0.1) is 19.7 Å². The Balaban J connectivity index is 2.10. The van der Waals surface area contributed by atoms with Crippen LogP contribution >= 0.6 is 11.6 Å². The number of carboxylic acids is 1. The molecule has 0 aliphatic rings. The van der Waals surface area contributed by atoms with Gasteiger partial charge in [0, 0.05) is 0 Å². The van der Waals surface area contributed by atoms with Crippen LogP contribution in [0.15, 0.2) is 16.5 Å². The van der Waals surface area contributed by atoms with Crippen molar-refractivity contribution in [3.63, 3.8) is 0 Å². The highest BCUT2D eigenvalue weighted by Crippen LogP contribution is 2.35. The van der Waals surface area contributed by atoms with Crippen molar-refractivity contribution >= 4 is 29.2 Å². The summed E-state index contributed by atoms with van der Waals surface area (Å²) in [5.41, 5.74) is -1.30. The molecular formula is C19H15ClF4N4O5. The van der Waals surface area contributed by atoms with Gasteiger partial charge in [0.2, 0.25) is 5.89 Å². The third kappa shape index (κ3) is 4.92. The van der Waals surface area contributed by atoms with Gasteiger partial charge >= 0.3 is 12.1 Å². The number of carbonyl (C=O) groups is 2. The molecule has 1 atom stereocenters. The predicted octanol–water partition coefficient (Wildman–Crippen LogP) is 4.75. The molecule has 176 valence electrons. The van der Waals surface area contributed by atoms with E-state index in [0.29, 0.717) is 13.0 Å². The van der Waals surface area contributed by atoms with Gasteiger partial charge in [0.05, 0.1) is 16.8 Å². The maximum absolute atomic E-state index is 14.9. The molecule has 0 bridgehead atoms. The number of hydrogen-bond acceptors (Lipinski definition) is 6. The number of nitrogens with zero attached hydrogens (tertiary/aromatic N) is 2. The molecule has 0 aliphatic heterocycles. The van der Waals surface area contributed by atoms with E-state index in [-0.39, 0.29) is 22.3 Å². The monoisotopic (exact) mass is 490 g/mol. The maximum Gasteiger partial charge on any atom is 0.425 e. The van der Waals surface area contributed by atoms with Crippen LogP contribution in [0.2, 0.25) is 5.15 Å². The van der Waals surface area contributed by atoms with Gasteiger partial charge < -0.3 is 19.6 Å². The number of benzene rings is 1. The van der Waals surface area contributed by atoms with Crippen molar-refractivity contribution in [1.82, 2.24) is 15.2 Å². The fourth-order valence-corrected chi connectivity index (χ4v) is 2.92. The average Bonchev–Trinajstić information content (AvgIpc) is 3.25. The first-order chi connectivity index (χ1) is 15.3. The molecule has 2 aromatic heterocycles. The number of aromatic amines is 1. The van der Waals surface area contributed by atoms with Crippen molar-refractivity contribution in [3.8, 4) is 17.2 Å². The SMILES string of the molecule is Cc1n[nH]c(Cl)c1NC(=O)c1cc(F)c(-c2nc(C(=O)O)c(C)o2)cc1OC(C)C(F)(F)F. The van der Waals surface area contributed by atoms with Crippen LogP contribution in [0.1, 0.15) is 39.2 Å². The minimum Gasteiger partial charge on any atom is -0.480 e. The van der Waals surface area contributed by atoms with E-state index in [1.807, 2.05) is 0 Å². The number of aryl methyl sites for hydroxylation is 2. The number of aromatic nitrogens is 3. The fraction of sp³-hybridized carbons (Fsp3) is 0.263. The van der Waals surface area contributed by atoms with E-state index in [1.165, 1.54) is 13.8 Å². The summed E-state index contributed by atoms with van der Waals surface area (Å²) < 4.78 is 64.2. The Labute approximate surface area is 187 Å². The van der Waals surface area contributed by atoms with Crippen LogP contribution in [0.25, 0.3) is 11.5 Å². The van der Waals surface area contributed by atoms with Gasteiger partial charge in [-0.05, 0) is 32.9 Å². The lowest BCUT2D eigenvalue weighted by molar-refractivity contribution is -0.189. The molecule has 1 aromatic carbocycles.